The van der Waals surface area contributed by atoms with Crippen LogP contribution in [0.5, 0.6) is 5.75 Å². The average Bonchev–Trinajstić information content (AvgIpc) is 2.86. The summed E-state index contributed by atoms with van der Waals surface area (Å²) in [6.45, 7) is 1.92. The molecule has 0 unspecified atom stereocenters. The third kappa shape index (κ3) is 2.25. The molecule has 0 saturated heterocycles. The van der Waals surface area contributed by atoms with E-state index in [-0.39, 0.29) is 18.1 Å². The van der Waals surface area contributed by atoms with Gasteiger partial charge in [-0.1, -0.05) is 42.5 Å². The number of furan rings is 1. The van der Waals surface area contributed by atoms with Crippen LogP contribution < -0.4 is 0 Å². The lowest BCUT2D eigenvalue weighted by atomic mass is 10.0. The first-order valence-electron chi connectivity index (χ1n) is 6.69. The second-order valence-electron chi connectivity index (χ2n) is 4.55. The number of carbonyl (C=O) groups is 1. The fourth-order valence-electron chi connectivity index (χ4n) is 2.29. The number of fused-ring (bicyclic) bond motifs is 1. The highest BCUT2D eigenvalue weighted by atomic mass is 16.5. The van der Waals surface area contributed by atoms with Crippen LogP contribution in [0.15, 0.2) is 52.9 Å². The van der Waals surface area contributed by atoms with Gasteiger partial charge in [-0.25, -0.2) is 4.79 Å². The van der Waals surface area contributed by atoms with E-state index in [1.807, 2.05) is 42.5 Å². The van der Waals surface area contributed by atoms with Crippen LogP contribution in [0.2, 0.25) is 0 Å². The Hall–Kier alpha value is -2.75. The molecule has 0 fully saturated rings. The molecule has 2 aromatic carbocycles. The van der Waals surface area contributed by atoms with Crippen LogP contribution in [0, 0.1) is 0 Å². The zero-order chi connectivity index (χ0) is 14.8. The van der Waals surface area contributed by atoms with E-state index < -0.39 is 5.97 Å². The number of benzene rings is 2. The summed E-state index contributed by atoms with van der Waals surface area (Å²) < 4.78 is 10.5. The predicted molar refractivity (Wildman–Crippen MR) is 79.3 cm³/mol. The monoisotopic (exact) mass is 282 g/mol. The highest BCUT2D eigenvalue weighted by molar-refractivity contribution is 6.03. The minimum absolute atomic E-state index is 0.157. The first-order valence-corrected chi connectivity index (χ1v) is 6.69. The number of hydrogen-bond donors (Lipinski definition) is 1. The van der Waals surface area contributed by atoms with Crippen molar-refractivity contribution >= 4 is 16.9 Å². The molecule has 0 saturated carbocycles. The number of para-hydroxylation sites is 1. The summed E-state index contributed by atoms with van der Waals surface area (Å²) in [5.41, 5.74) is 2.25. The topological polar surface area (TPSA) is 59.7 Å². The largest absolute Gasteiger partial charge is 0.504 e. The smallest absolute Gasteiger partial charge is 0.378 e. The minimum atomic E-state index is -0.662. The Bertz CT molecular complexity index is 787. The van der Waals surface area contributed by atoms with Crippen molar-refractivity contribution in [3.63, 3.8) is 0 Å². The van der Waals surface area contributed by atoms with Crippen molar-refractivity contribution in [3.8, 4) is 16.9 Å². The molecule has 106 valence electrons. The van der Waals surface area contributed by atoms with Crippen molar-refractivity contribution in [1.82, 2.24) is 0 Å². The van der Waals surface area contributed by atoms with E-state index in [2.05, 4.69) is 0 Å². The zero-order valence-corrected chi connectivity index (χ0v) is 11.5. The van der Waals surface area contributed by atoms with Crippen LogP contribution in [0.25, 0.3) is 22.1 Å². The van der Waals surface area contributed by atoms with Crippen molar-refractivity contribution in [3.05, 3.63) is 54.3 Å². The maximum atomic E-state index is 11.8. The lowest BCUT2D eigenvalue weighted by Crippen LogP contribution is -2.02. The molecule has 3 aromatic rings. The maximum Gasteiger partial charge on any atom is 0.378 e. The van der Waals surface area contributed by atoms with Crippen molar-refractivity contribution in [1.29, 1.82) is 0 Å². The lowest BCUT2D eigenvalue weighted by molar-refractivity contribution is 0.0488. The molecule has 0 spiro atoms. The summed E-state index contributed by atoms with van der Waals surface area (Å²) in [6, 6.07) is 15.1. The predicted octanol–water partition coefficient (Wildman–Crippen LogP) is 3.98. The Kier molecular flexibility index (Phi) is 3.36. The molecule has 1 heterocycles. The van der Waals surface area contributed by atoms with Crippen molar-refractivity contribution in [2.75, 3.05) is 6.61 Å². The van der Waals surface area contributed by atoms with E-state index in [4.69, 9.17) is 9.15 Å². The minimum Gasteiger partial charge on any atom is -0.504 e. The maximum absolute atomic E-state index is 11.8. The molecule has 4 heteroatoms. The van der Waals surface area contributed by atoms with Gasteiger partial charge in [-0.2, -0.15) is 0 Å². The van der Waals surface area contributed by atoms with Crippen LogP contribution in [0.4, 0.5) is 0 Å². The standard InChI is InChI=1S/C17H14O4/c1-2-20-17(19)16-14(18)13-10-6-9-12(15(13)21-16)11-7-4-3-5-8-11/h3-10,18H,2H2,1H3. The molecule has 0 aliphatic heterocycles. The third-order valence-corrected chi connectivity index (χ3v) is 3.23. The molecule has 0 bridgehead atoms. The van der Waals surface area contributed by atoms with Gasteiger partial charge in [-0.3, -0.25) is 0 Å². The molecule has 1 N–H and O–H groups in total. The second kappa shape index (κ2) is 5.32. The van der Waals surface area contributed by atoms with Gasteiger partial charge in [-0.15, -0.1) is 0 Å². The van der Waals surface area contributed by atoms with Crippen LogP contribution in [-0.2, 0) is 4.74 Å². The highest BCUT2D eigenvalue weighted by Crippen LogP contribution is 2.38. The number of rotatable bonds is 3. The molecular weight excluding hydrogens is 268 g/mol. The number of hydrogen-bond acceptors (Lipinski definition) is 4. The number of aromatic hydroxyl groups is 1. The van der Waals surface area contributed by atoms with Crippen LogP contribution in [-0.4, -0.2) is 17.7 Å². The summed E-state index contributed by atoms with van der Waals surface area (Å²) in [7, 11) is 0. The number of carbonyl (C=O) groups excluding carboxylic acids is 1. The van der Waals surface area contributed by atoms with E-state index in [1.54, 1.807) is 13.0 Å². The Morgan fingerprint density at radius 3 is 2.62 bits per heavy atom. The Morgan fingerprint density at radius 1 is 1.14 bits per heavy atom. The highest BCUT2D eigenvalue weighted by Gasteiger charge is 2.23. The van der Waals surface area contributed by atoms with E-state index in [1.165, 1.54) is 0 Å². The number of esters is 1. The Balaban J connectivity index is 2.21. The van der Waals surface area contributed by atoms with Gasteiger partial charge in [0.25, 0.3) is 5.76 Å². The van der Waals surface area contributed by atoms with E-state index in [9.17, 15) is 9.90 Å². The van der Waals surface area contributed by atoms with Gasteiger partial charge in [-0.05, 0) is 18.6 Å². The summed E-state index contributed by atoms with van der Waals surface area (Å²) in [6.07, 6.45) is 0. The van der Waals surface area contributed by atoms with Gasteiger partial charge in [0.15, 0.2) is 5.75 Å². The molecule has 1 aromatic heterocycles. The van der Waals surface area contributed by atoms with Gasteiger partial charge in [0.1, 0.15) is 5.58 Å². The summed E-state index contributed by atoms with van der Waals surface area (Å²) in [4.78, 5) is 11.8. The summed E-state index contributed by atoms with van der Waals surface area (Å²) in [5.74, 6) is -0.998. The molecule has 0 aliphatic carbocycles. The fourth-order valence-corrected chi connectivity index (χ4v) is 2.29. The van der Waals surface area contributed by atoms with E-state index in [0.29, 0.717) is 11.0 Å². The van der Waals surface area contributed by atoms with Crippen LogP contribution >= 0.6 is 0 Å². The Morgan fingerprint density at radius 2 is 1.90 bits per heavy atom. The third-order valence-electron chi connectivity index (χ3n) is 3.23. The first-order chi connectivity index (χ1) is 10.2. The SMILES string of the molecule is CCOC(=O)c1oc2c(-c3ccccc3)cccc2c1O. The second-order valence-corrected chi connectivity index (χ2v) is 4.55. The van der Waals surface area contributed by atoms with Crippen molar-refractivity contribution in [2.24, 2.45) is 0 Å². The summed E-state index contributed by atoms with van der Waals surface area (Å²) >= 11 is 0. The normalized spacial score (nSPS) is 10.7. The van der Waals surface area contributed by atoms with Crippen LogP contribution in [0.1, 0.15) is 17.5 Å². The van der Waals surface area contributed by atoms with Crippen molar-refractivity contribution in [2.45, 2.75) is 6.92 Å². The molecule has 21 heavy (non-hydrogen) atoms. The Labute approximate surface area is 121 Å². The van der Waals surface area contributed by atoms with Gasteiger partial charge in [0, 0.05) is 5.56 Å². The average molecular weight is 282 g/mol. The van der Waals surface area contributed by atoms with E-state index >= 15 is 0 Å². The molecule has 4 nitrogen and oxygen atoms in total. The quantitative estimate of drug-likeness (QED) is 0.738. The fraction of sp³-hybridized carbons (Fsp3) is 0.118. The van der Waals surface area contributed by atoms with Crippen LogP contribution in [0.3, 0.4) is 0 Å². The van der Waals surface area contributed by atoms with Gasteiger partial charge in [0.05, 0.1) is 12.0 Å². The molecule has 0 atom stereocenters. The molecular formula is C17H14O4. The van der Waals surface area contributed by atoms with Gasteiger partial charge >= 0.3 is 5.97 Å². The van der Waals surface area contributed by atoms with Crippen molar-refractivity contribution < 1.29 is 19.1 Å². The first kappa shape index (κ1) is 13.2. The molecule has 0 radical (unpaired) electrons. The molecule has 0 aliphatic rings. The van der Waals surface area contributed by atoms with Gasteiger partial charge < -0.3 is 14.3 Å². The zero-order valence-electron chi connectivity index (χ0n) is 11.5. The molecule has 0 amide bonds. The summed E-state index contributed by atoms with van der Waals surface area (Å²) in [5, 5.41) is 10.7. The number of ether oxygens (including phenoxy) is 1. The van der Waals surface area contributed by atoms with Gasteiger partial charge in [0.2, 0.25) is 0 Å². The van der Waals surface area contributed by atoms with E-state index in [0.717, 1.165) is 11.1 Å². The lowest BCUT2D eigenvalue weighted by Gasteiger charge is -2.01. The molecule has 3 rings (SSSR count).